The maximum absolute atomic E-state index is 13.5. The molecule has 6 nitrogen and oxygen atoms in total. The van der Waals surface area contributed by atoms with E-state index in [1.807, 2.05) is 0 Å². The zero-order valence-corrected chi connectivity index (χ0v) is 19.1. The lowest BCUT2D eigenvalue weighted by Gasteiger charge is -2.30. The Kier molecular flexibility index (Phi) is 7.46. The number of aliphatic hydroxyl groups excluding tert-OH is 1. The van der Waals surface area contributed by atoms with Gasteiger partial charge in [-0.05, 0) is 54.3 Å². The molecule has 3 rings (SSSR count). The minimum Gasteiger partial charge on any atom is -0.390 e. The third kappa shape index (κ3) is 6.09. The molecule has 3 atom stereocenters. The van der Waals surface area contributed by atoms with Gasteiger partial charge < -0.3 is 15.7 Å². The Morgan fingerprint density at radius 2 is 1.90 bits per heavy atom. The number of hydrogen-bond donors (Lipinski definition) is 3. The maximum Gasteiger partial charge on any atom is 0.217 e. The van der Waals surface area contributed by atoms with Crippen LogP contribution in [-0.4, -0.2) is 43.9 Å². The highest BCUT2D eigenvalue weighted by molar-refractivity contribution is 9.10. The lowest BCUT2D eigenvalue weighted by molar-refractivity contribution is -0.120. The van der Waals surface area contributed by atoms with Gasteiger partial charge in [-0.1, -0.05) is 15.9 Å². The van der Waals surface area contributed by atoms with Crippen LogP contribution in [0.5, 0.6) is 0 Å². The van der Waals surface area contributed by atoms with E-state index in [-0.39, 0.29) is 35.6 Å². The summed E-state index contributed by atoms with van der Waals surface area (Å²) in [6, 6.07) is 6.90. The van der Waals surface area contributed by atoms with Crippen LogP contribution in [0.1, 0.15) is 30.5 Å². The second-order valence-electron chi connectivity index (χ2n) is 7.61. The first-order chi connectivity index (χ1) is 14.5. The Hall–Kier alpha value is -1.88. The van der Waals surface area contributed by atoms with Gasteiger partial charge in [0.2, 0.25) is 5.91 Å². The number of carbonyl (C=O) groups is 1. The number of hydrogen-bond acceptors (Lipinski definition) is 5. The topological polar surface area (TPSA) is 95.5 Å². The number of rotatable bonds is 7. The number of fused-ring (bicyclic) bond motifs is 1. The van der Waals surface area contributed by atoms with Crippen molar-refractivity contribution in [2.24, 2.45) is 0 Å². The first-order valence-electron chi connectivity index (χ1n) is 9.71. The van der Waals surface area contributed by atoms with Crippen LogP contribution in [0.4, 0.5) is 8.78 Å². The number of benzene rings is 2. The van der Waals surface area contributed by atoms with Crippen molar-refractivity contribution >= 4 is 31.7 Å². The molecule has 0 saturated carbocycles. The molecule has 2 aromatic carbocycles. The summed E-state index contributed by atoms with van der Waals surface area (Å²) < 4.78 is 52.5. The molecular formula is C21H23BrF2N2O4S. The normalized spacial score (nSPS) is 19.3. The Morgan fingerprint density at radius 1 is 1.23 bits per heavy atom. The molecule has 168 valence electrons. The van der Waals surface area contributed by atoms with Crippen molar-refractivity contribution in [1.29, 1.82) is 0 Å². The van der Waals surface area contributed by atoms with Gasteiger partial charge in [0.25, 0.3) is 0 Å². The van der Waals surface area contributed by atoms with Crippen molar-refractivity contribution in [3.8, 4) is 0 Å². The third-order valence-electron chi connectivity index (χ3n) is 5.16. The van der Waals surface area contributed by atoms with Crippen molar-refractivity contribution in [1.82, 2.24) is 10.6 Å². The molecule has 31 heavy (non-hydrogen) atoms. The third-order valence-corrected chi connectivity index (χ3v) is 7.47. The fourth-order valence-electron chi connectivity index (χ4n) is 3.76. The van der Waals surface area contributed by atoms with Gasteiger partial charge in [0, 0.05) is 30.0 Å². The average Bonchev–Trinajstić information content (AvgIpc) is 2.65. The van der Waals surface area contributed by atoms with Crippen molar-refractivity contribution in [3.05, 3.63) is 63.6 Å². The maximum atomic E-state index is 13.5. The van der Waals surface area contributed by atoms with Gasteiger partial charge in [-0.2, -0.15) is 0 Å². The highest BCUT2D eigenvalue weighted by Gasteiger charge is 2.31. The van der Waals surface area contributed by atoms with Crippen LogP contribution in [0.3, 0.4) is 0 Å². The summed E-state index contributed by atoms with van der Waals surface area (Å²) in [7, 11) is -3.36. The zero-order chi connectivity index (χ0) is 22.8. The van der Waals surface area contributed by atoms with E-state index in [4.69, 9.17) is 0 Å². The molecule has 3 N–H and O–H groups in total. The lowest BCUT2D eigenvalue weighted by Crippen LogP contribution is -2.49. The molecule has 0 bridgehead atoms. The molecular weight excluding hydrogens is 494 g/mol. The minimum absolute atomic E-state index is 0.0207. The summed E-state index contributed by atoms with van der Waals surface area (Å²) in [5, 5.41) is 16.5. The van der Waals surface area contributed by atoms with Crippen LogP contribution in [0.15, 0.2) is 45.8 Å². The first-order valence-corrected chi connectivity index (χ1v) is 12.2. The summed E-state index contributed by atoms with van der Waals surface area (Å²) in [4.78, 5) is 11.9. The molecule has 0 fully saturated rings. The van der Waals surface area contributed by atoms with E-state index in [0.29, 0.717) is 17.5 Å². The standard InChI is InChI=1S/C21H23BrF2N2O4S/c1-12(27)26-19(8-13-6-15(23)10-16(24)7-13)20(28)11-25-18-4-5-31(29,30)21-3-2-14(22)9-17(18)21/h2-3,6-7,9-10,18-20,25,28H,4-5,8,11H2,1H3,(H,26,27)/t18?,19-,20+/m0/s1. The molecule has 0 aliphatic carbocycles. The zero-order valence-electron chi connectivity index (χ0n) is 16.7. The van der Waals surface area contributed by atoms with Crippen LogP contribution in [0.25, 0.3) is 0 Å². The predicted molar refractivity (Wildman–Crippen MR) is 115 cm³/mol. The molecule has 1 aliphatic rings. The highest BCUT2D eigenvalue weighted by Crippen LogP contribution is 2.34. The monoisotopic (exact) mass is 516 g/mol. The van der Waals surface area contributed by atoms with E-state index in [2.05, 4.69) is 26.6 Å². The molecule has 0 saturated heterocycles. The summed E-state index contributed by atoms with van der Waals surface area (Å²) in [6.45, 7) is 1.33. The Labute approximate surface area is 188 Å². The highest BCUT2D eigenvalue weighted by atomic mass is 79.9. The molecule has 0 spiro atoms. The van der Waals surface area contributed by atoms with Gasteiger partial charge in [0.05, 0.1) is 22.8 Å². The van der Waals surface area contributed by atoms with E-state index in [9.17, 15) is 27.1 Å². The van der Waals surface area contributed by atoms with Gasteiger partial charge in [-0.25, -0.2) is 17.2 Å². The first kappa shape index (κ1) is 23.8. The predicted octanol–water partition coefficient (Wildman–Crippen LogP) is 2.64. The van der Waals surface area contributed by atoms with Gasteiger partial charge in [-0.15, -0.1) is 0 Å². The van der Waals surface area contributed by atoms with E-state index >= 15 is 0 Å². The van der Waals surface area contributed by atoms with Crippen LogP contribution in [0.2, 0.25) is 0 Å². The number of nitrogens with one attached hydrogen (secondary N) is 2. The second kappa shape index (κ2) is 9.72. The summed E-state index contributed by atoms with van der Waals surface area (Å²) >= 11 is 3.35. The SMILES string of the molecule is CC(=O)N[C@@H](Cc1cc(F)cc(F)c1)[C@H](O)CNC1CCS(=O)(=O)c2ccc(Br)cc21. The number of amides is 1. The second-order valence-corrected chi connectivity index (χ2v) is 10.6. The summed E-state index contributed by atoms with van der Waals surface area (Å²) in [6.07, 6.45) is -0.721. The van der Waals surface area contributed by atoms with E-state index in [1.54, 1.807) is 18.2 Å². The Morgan fingerprint density at radius 3 is 2.55 bits per heavy atom. The number of halogens is 3. The van der Waals surface area contributed by atoms with Crippen molar-refractivity contribution < 1.29 is 27.1 Å². The fraction of sp³-hybridized carbons (Fsp3) is 0.381. The van der Waals surface area contributed by atoms with Gasteiger partial charge in [0.1, 0.15) is 11.6 Å². The quantitative estimate of drug-likeness (QED) is 0.525. The van der Waals surface area contributed by atoms with E-state index in [0.717, 1.165) is 22.7 Å². The van der Waals surface area contributed by atoms with Crippen LogP contribution in [-0.2, 0) is 21.1 Å². The van der Waals surface area contributed by atoms with Gasteiger partial charge in [0.15, 0.2) is 9.84 Å². The molecule has 1 unspecified atom stereocenters. The molecule has 1 heterocycles. The molecule has 2 aromatic rings. The van der Waals surface area contributed by atoms with Gasteiger partial charge >= 0.3 is 0 Å². The average molecular weight is 517 g/mol. The fourth-order valence-corrected chi connectivity index (χ4v) is 5.74. The van der Waals surface area contributed by atoms with Crippen molar-refractivity contribution in [3.63, 3.8) is 0 Å². The minimum atomic E-state index is -3.36. The molecule has 1 amide bonds. The molecule has 1 aliphatic heterocycles. The van der Waals surface area contributed by atoms with Crippen LogP contribution in [0, 0.1) is 11.6 Å². The van der Waals surface area contributed by atoms with Crippen molar-refractivity contribution in [2.75, 3.05) is 12.3 Å². The number of carbonyl (C=O) groups excluding carboxylic acids is 1. The smallest absolute Gasteiger partial charge is 0.217 e. The number of aliphatic hydroxyl groups is 1. The van der Waals surface area contributed by atoms with Crippen LogP contribution < -0.4 is 10.6 Å². The Balaban J connectivity index is 1.74. The molecule has 0 aromatic heterocycles. The van der Waals surface area contributed by atoms with Crippen LogP contribution >= 0.6 is 15.9 Å². The number of sulfone groups is 1. The van der Waals surface area contributed by atoms with Gasteiger partial charge in [-0.3, -0.25) is 4.79 Å². The summed E-state index contributed by atoms with van der Waals surface area (Å²) in [5.74, 6) is -1.89. The largest absolute Gasteiger partial charge is 0.390 e. The lowest BCUT2D eigenvalue weighted by atomic mass is 9.99. The van der Waals surface area contributed by atoms with E-state index in [1.165, 1.54) is 6.92 Å². The Bertz CT molecular complexity index is 1060. The van der Waals surface area contributed by atoms with E-state index < -0.39 is 33.6 Å². The molecule has 0 radical (unpaired) electrons. The van der Waals surface area contributed by atoms with Crippen molar-refractivity contribution in [2.45, 2.75) is 42.8 Å². The molecule has 10 heteroatoms. The summed E-state index contributed by atoms with van der Waals surface area (Å²) in [5.41, 5.74) is 0.907.